The Morgan fingerprint density at radius 3 is 2.50 bits per heavy atom. The Balaban J connectivity index is 1.83. The Morgan fingerprint density at radius 1 is 1.18 bits per heavy atom. The summed E-state index contributed by atoms with van der Waals surface area (Å²) in [6.07, 6.45) is 4.90. The van der Waals surface area contributed by atoms with Crippen molar-refractivity contribution in [3.05, 3.63) is 53.9 Å². The summed E-state index contributed by atoms with van der Waals surface area (Å²) in [5, 5.41) is 6.05. The van der Waals surface area contributed by atoms with E-state index in [4.69, 9.17) is 0 Å². The minimum atomic E-state index is -0.134. The first-order valence-corrected chi connectivity index (χ1v) is 7.59. The van der Waals surface area contributed by atoms with Crippen molar-refractivity contribution in [2.45, 2.75) is 32.7 Å². The van der Waals surface area contributed by atoms with Crippen LogP contribution in [0.4, 0.5) is 5.95 Å². The third kappa shape index (κ3) is 4.84. The largest absolute Gasteiger partial charge is 0.354 e. The number of amides is 1. The fourth-order valence-corrected chi connectivity index (χ4v) is 1.91. The fourth-order valence-electron chi connectivity index (χ4n) is 1.91. The predicted molar refractivity (Wildman–Crippen MR) is 87.9 cm³/mol. The van der Waals surface area contributed by atoms with Crippen molar-refractivity contribution in [3.8, 4) is 0 Å². The summed E-state index contributed by atoms with van der Waals surface area (Å²) in [5.74, 6) is 0.404. The van der Waals surface area contributed by atoms with Crippen molar-refractivity contribution in [2.75, 3.05) is 11.9 Å². The van der Waals surface area contributed by atoms with Gasteiger partial charge in [-0.15, -0.1) is 0 Å². The molecule has 1 aromatic heterocycles. The molecule has 2 rings (SSSR count). The summed E-state index contributed by atoms with van der Waals surface area (Å²) in [6, 6.07) is 10.4. The van der Waals surface area contributed by atoms with Crippen molar-refractivity contribution < 1.29 is 4.79 Å². The summed E-state index contributed by atoms with van der Waals surface area (Å²) >= 11 is 0. The van der Waals surface area contributed by atoms with Crippen LogP contribution in [0.25, 0.3) is 0 Å². The lowest BCUT2D eigenvalue weighted by Crippen LogP contribution is -2.32. The third-order valence-electron chi connectivity index (χ3n) is 3.44. The molecule has 2 N–H and O–H groups in total. The van der Waals surface area contributed by atoms with Crippen molar-refractivity contribution in [1.29, 1.82) is 0 Å². The molecule has 0 saturated heterocycles. The first-order valence-electron chi connectivity index (χ1n) is 7.59. The van der Waals surface area contributed by atoms with Crippen molar-refractivity contribution in [1.82, 2.24) is 15.3 Å². The van der Waals surface area contributed by atoms with E-state index in [9.17, 15) is 4.79 Å². The van der Waals surface area contributed by atoms with Crippen LogP contribution in [0.15, 0.2) is 42.7 Å². The second kappa shape index (κ2) is 8.12. The van der Waals surface area contributed by atoms with Crippen LogP contribution in [0.5, 0.6) is 0 Å². The van der Waals surface area contributed by atoms with Gasteiger partial charge in [0.15, 0.2) is 0 Å². The maximum absolute atomic E-state index is 11.9. The lowest BCUT2D eigenvalue weighted by Gasteiger charge is -2.11. The van der Waals surface area contributed by atoms with Crippen LogP contribution >= 0.6 is 0 Å². The lowest BCUT2D eigenvalue weighted by molar-refractivity contribution is 0.0938. The first-order chi connectivity index (χ1) is 10.7. The predicted octanol–water partition coefficient (Wildman–Crippen LogP) is 2.66. The van der Waals surface area contributed by atoms with Crippen LogP contribution in [0.3, 0.4) is 0 Å². The molecule has 1 atom stereocenters. The summed E-state index contributed by atoms with van der Waals surface area (Å²) in [4.78, 5) is 20.3. The summed E-state index contributed by atoms with van der Waals surface area (Å²) in [5.41, 5.74) is 1.74. The molecule has 0 radical (unpaired) electrons. The van der Waals surface area contributed by atoms with Crippen LogP contribution < -0.4 is 10.6 Å². The highest BCUT2D eigenvalue weighted by molar-refractivity contribution is 5.93. The number of carbonyl (C=O) groups excluding carboxylic acids is 1. The molecule has 1 unspecified atom stereocenters. The van der Waals surface area contributed by atoms with Gasteiger partial charge in [-0.25, -0.2) is 9.97 Å². The molecule has 5 heteroatoms. The molecule has 0 aliphatic heterocycles. The fraction of sp³-hybridized carbons (Fsp3) is 0.353. The maximum atomic E-state index is 11.9. The van der Waals surface area contributed by atoms with Gasteiger partial charge in [-0.3, -0.25) is 4.79 Å². The molecule has 116 valence electrons. The van der Waals surface area contributed by atoms with Gasteiger partial charge in [-0.2, -0.15) is 0 Å². The van der Waals surface area contributed by atoms with Gasteiger partial charge in [0.05, 0.1) is 5.56 Å². The number of nitrogens with one attached hydrogen (secondary N) is 2. The topological polar surface area (TPSA) is 66.9 Å². The van der Waals surface area contributed by atoms with Crippen LogP contribution in [0, 0.1) is 0 Å². The molecule has 0 saturated carbocycles. The van der Waals surface area contributed by atoms with Gasteiger partial charge in [-0.1, -0.05) is 37.3 Å². The number of anilines is 1. The Kier molecular flexibility index (Phi) is 5.89. The summed E-state index contributed by atoms with van der Waals surface area (Å²) in [6.45, 7) is 4.75. The molecule has 1 aromatic carbocycles. The highest BCUT2D eigenvalue weighted by Crippen LogP contribution is 2.03. The van der Waals surface area contributed by atoms with E-state index in [1.165, 1.54) is 5.56 Å². The van der Waals surface area contributed by atoms with E-state index in [1.807, 2.05) is 32.0 Å². The van der Waals surface area contributed by atoms with E-state index in [2.05, 4.69) is 32.7 Å². The first kappa shape index (κ1) is 15.9. The molecule has 1 heterocycles. The number of hydrogen-bond donors (Lipinski definition) is 2. The van der Waals surface area contributed by atoms with Crippen LogP contribution in [0.2, 0.25) is 0 Å². The Morgan fingerprint density at radius 2 is 1.86 bits per heavy atom. The van der Waals surface area contributed by atoms with Gasteiger partial charge < -0.3 is 10.6 Å². The highest BCUT2D eigenvalue weighted by Gasteiger charge is 2.09. The number of nitrogens with zero attached hydrogens (tertiary/aromatic N) is 2. The molecule has 0 spiro atoms. The molecule has 5 nitrogen and oxygen atoms in total. The van der Waals surface area contributed by atoms with E-state index in [0.717, 1.165) is 19.4 Å². The number of aromatic nitrogens is 2. The standard InChI is InChI=1S/C17H22N4O/c1-3-13(2)21-16(22)15-11-19-17(20-12-15)18-10-9-14-7-5-4-6-8-14/h4-8,11-13H,3,9-10H2,1-2H3,(H,21,22)(H,18,19,20). The van der Waals surface area contributed by atoms with E-state index < -0.39 is 0 Å². The zero-order chi connectivity index (χ0) is 15.8. The zero-order valence-corrected chi connectivity index (χ0v) is 13.0. The quantitative estimate of drug-likeness (QED) is 0.824. The highest BCUT2D eigenvalue weighted by atomic mass is 16.1. The van der Waals surface area contributed by atoms with Gasteiger partial charge in [0.2, 0.25) is 5.95 Å². The monoisotopic (exact) mass is 298 g/mol. The SMILES string of the molecule is CCC(C)NC(=O)c1cnc(NCCc2ccccc2)nc1. The lowest BCUT2D eigenvalue weighted by atomic mass is 10.1. The van der Waals surface area contributed by atoms with Gasteiger partial charge in [0.25, 0.3) is 5.91 Å². The maximum Gasteiger partial charge on any atom is 0.254 e. The minimum Gasteiger partial charge on any atom is -0.354 e. The second-order valence-electron chi connectivity index (χ2n) is 5.24. The molecule has 0 aliphatic carbocycles. The summed E-state index contributed by atoms with van der Waals surface area (Å²) in [7, 11) is 0. The van der Waals surface area contributed by atoms with Gasteiger partial charge in [-0.05, 0) is 25.3 Å². The molecule has 2 aromatic rings. The van der Waals surface area contributed by atoms with E-state index in [-0.39, 0.29) is 11.9 Å². The molecule has 0 fully saturated rings. The van der Waals surface area contributed by atoms with E-state index >= 15 is 0 Å². The Hall–Kier alpha value is -2.43. The van der Waals surface area contributed by atoms with E-state index in [0.29, 0.717) is 11.5 Å². The number of rotatable bonds is 7. The number of hydrogen-bond acceptors (Lipinski definition) is 4. The smallest absolute Gasteiger partial charge is 0.254 e. The van der Waals surface area contributed by atoms with Crippen molar-refractivity contribution >= 4 is 11.9 Å². The summed E-state index contributed by atoms with van der Waals surface area (Å²) < 4.78 is 0. The average Bonchev–Trinajstić information content (AvgIpc) is 2.56. The van der Waals surface area contributed by atoms with Crippen LogP contribution in [0.1, 0.15) is 36.2 Å². The Bertz CT molecular complexity index is 583. The molecule has 0 bridgehead atoms. The molecule has 0 aliphatic rings. The molecule has 22 heavy (non-hydrogen) atoms. The second-order valence-corrected chi connectivity index (χ2v) is 5.24. The minimum absolute atomic E-state index is 0.134. The van der Waals surface area contributed by atoms with Crippen molar-refractivity contribution in [3.63, 3.8) is 0 Å². The molecule has 1 amide bonds. The van der Waals surface area contributed by atoms with E-state index in [1.54, 1.807) is 12.4 Å². The number of benzene rings is 1. The van der Waals surface area contributed by atoms with Crippen LogP contribution in [-0.2, 0) is 6.42 Å². The number of carbonyl (C=O) groups is 1. The van der Waals surface area contributed by atoms with Gasteiger partial charge in [0, 0.05) is 25.0 Å². The van der Waals surface area contributed by atoms with Crippen molar-refractivity contribution in [2.24, 2.45) is 0 Å². The van der Waals surface area contributed by atoms with Gasteiger partial charge in [0.1, 0.15) is 0 Å². The van der Waals surface area contributed by atoms with Crippen LogP contribution in [-0.4, -0.2) is 28.5 Å². The normalized spacial score (nSPS) is 11.7. The van der Waals surface area contributed by atoms with Gasteiger partial charge >= 0.3 is 0 Å². The molecular formula is C17H22N4O. The molecular weight excluding hydrogens is 276 g/mol. The zero-order valence-electron chi connectivity index (χ0n) is 13.0. The average molecular weight is 298 g/mol. The Labute approximate surface area is 131 Å². The third-order valence-corrected chi connectivity index (χ3v) is 3.44.